The number of H-pyrrole nitrogens is 1. The summed E-state index contributed by atoms with van der Waals surface area (Å²) in [5.74, 6) is 0.803. The van der Waals surface area contributed by atoms with Crippen LogP contribution in [0.5, 0.6) is 0 Å². The summed E-state index contributed by atoms with van der Waals surface area (Å²) in [5, 5.41) is 9.30. The number of nitrogens with zero attached hydrogens (tertiary/aromatic N) is 2. The van der Waals surface area contributed by atoms with E-state index in [-0.39, 0.29) is 4.87 Å². The second-order valence-corrected chi connectivity index (χ2v) is 4.53. The smallest absolute Gasteiger partial charge is 0.304 e. The Kier molecular flexibility index (Phi) is 3.19. The van der Waals surface area contributed by atoms with Gasteiger partial charge < -0.3 is 16.0 Å². The molecule has 0 aliphatic heterocycles. The minimum absolute atomic E-state index is 0.0463. The van der Waals surface area contributed by atoms with Crippen LogP contribution in [0.1, 0.15) is 18.3 Å². The number of aromatic nitrogens is 3. The average molecular weight is 253 g/mol. The number of nitrogen functional groups attached to an aromatic ring is 1. The highest BCUT2D eigenvalue weighted by molar-refractivity contribution is 7.07. The molecule has 17 heavy (non-hydrogen) atoms. The molecule has 2 aromatic rings. The largest absolute Gasteiger partial charge is 0.394 e. The molecule has 6 nitrogen and oxygen atoms in total. The van der Waals surface area contributed by atoms with Gasteiger partial charge in [-0.15, -0.1) is 0 Å². The third kappa shape index (κ3) is 2.33. The van der Waals surface area contributed by atoms with Crippen LogP contribution in [0.25, 0.3) is 0 Å². The normalized spacial score (nSPS) is 10.7. The third-order valence-electron chi connectivity index (χ3n) is 2.49. The van der Waals surface area contributed by atoms with Crippen LogP contribution >= 0.6 is 11.3 Å². The second kappa shape index (κ2) is 4.62. The van der Waals surface area contributed by atoms with Gasteiger partial charge in [0.05, 0.1) is 17.9 Å². The Bertz CT molecular complexity index is 568. The van der Waals surface area contributed by atoms with Gasteiger partial charge in [0.25, 0.3) is 0 Å². The lowest BCUT2D eigenvalue weighted by Crippen LogP contribution is -2.09. The maximum absolute atomic E-state index is 11.0. The van der Waals surface area contributed by atoms with Crippen molar-refractivity contribution in [3.63, 3.8) is 0 Å². The molecule has 0 aliphatic carbocycles. The van der Waals surface area contributed by atoms with Gasteiger partial charge in [-0.3, -0.25) is 4.79 Å². The van der Waals surface area contributed by atoms with Crippen LogP contribution in [0.4, 0.5) is 11.5 Å². The Morgan fingerprint density at radius 3 is 3.00 bits per heavy atom. The van der Waals surface area contributed by atoms with Gasteiger partial charge in [-0.2, -0.15) is 5.10 Å². The summed E-state index contributed by atoms with van der Waals surface area (Å²) >= 11 is 1.15. The summed E-state index contributed by atoms with van der Waals surface area (Å²) in [6.07, 6.45) is 0. The van der Waals surface area contributed by atoms with Crippen molar-refractivity contribution in [3.05, 3.63) is 26.4 Å². The van der Waals surface area contributed by atoms with Crippen molar-refractivity contribution in [2.45, 2.75) is 26.9 Å². The Balaban J connectivity index is 2.16. The first kappa shape index (κ1) is 11.7. The Labute approximate surface area is 102 Å². The Morgan fingerprint density at radius 1 is 1.65 bits per heavy atom. The number of anilines is 2. The number of aromatic amines is 1. The third-order valence-corrected chi connectivity index (χ3v) is 3.21. The van der Waals surface area contributed by atoms with E-state index in [0.717, 1.165) is 35.1 Å². The summed E-state index contributed by atoms with van der Waals surface area (Å²) in [5.41, 5.74) is 8.25. The molecule has 2 rings (SSSR count). The molecule has 2 aromatic heterocycles. The number of thiazole rings is 1. The highest BCUT2D eigenvalue weighted by Gasteiger charge is 2.11. The summed E-state index contributed by atoms with van der Waals surface area (Å²) in [6, 6.07) is 0. The van der Waals surface area contributed by atoms with E-state index in [0.29, 0.717) is 12.2 Å². The van der Waals surface area contributed by atoms with E-state index < -0.39 is 0 Å². The molecule has 0 unspecified atom stereocenters. The summed E-state index contributed by atoms with van der Waals surface area (Å²) < 4.78 is 1.81. The van der Waals surface area contributed by atoms with Gasteiger partial charge in [-0.1, -0.05) is 11.3 Å². The molecule has 0 atom stereocenters. The molecule has 0 saturated carbocycles. The zero-order valence-corrected chi connectivity index (χ0v) is 10.6. The molecule has 0 aromatic carbocycles. The van der Waals surface area contributed by atoms with E-state index >= 15 is 0 Å². The monoisotopic (exact) mass is 253 g/mol. The molecule has 0 fully saturated rings. The topological polar surface area (TPSA) is 88.7 Å². The molecule has 0 spiro atoms. The molecular weight excluding hydrogens is 238 g/mol. The van der Waals surface area contributed by atoms with Gasteiger partial charge in [0, 0.05) is 17.6 Å². The molecule has 4 N–H and O–H groups in total. The van der Waals surface area contributed by atoms with Crippen LogP contribution in [0.3, 0.4) is 0 Å². The molecule has 92 valence electrons. The lowest BCUT2D eigenvalue weighted by atomic mass is 10.4. The van der Waals surface area contributed by atoms with Crippen molar-refractivity contribution in [2.75, 3.05) is 11.1 Å². The van der Waals surface area contributed by atoms with Crippen LogP contribution in [-0.2, 0) is 13.1 Å². The Hall–Kier alpha value is -1.76. The first-order valence-electron chi connectivity index (χ1n) is 5.35. The van der Waals surface area contributed by atoms with Crippen molar-refractivity contribution >= 4 is 22.8 Å². The van der Waals surface area contributed by atoms with E-state index in [4.69, 9.17) is 5.73 Å². The van der Waals surface area contributed by atoms with E-state index in [1.54, 1.807) is 5.38 Å². The molecule has 0 saturated heterocycles. The van der Waals surface area contributed by atoms with Crippen molar-refractivity contribution < 1.29 is 0 Å². The molecule has 0 aliphatic rings. The zero-order chi connectivity index (χ0) is 12.4. The van der Waals surface area contributed by atoms with Gasteiger partial charge in [-0.25, -0.2) is 4.68 Å². The minimum atomic E-state index is -0.0463. The number of hydrogen-bond donors (Lipinski definition) is 3. The van der Waals surface area contributed by atoms with Crippen molar-refractivity contribution in [3.8, 4) is 0 Å². The summed E-state index contributed by atoms with van der Waals surface area (Å²) in [4.78, 5) is 13.7. The predicted molar refractivity (Wildman–Crippen MR) is 69.3 cm³/mol. The fourth-order valence-corrected chi connectivity index (χ4v) is 2.17. The molecule has 0 bridgehead atoms. The second-order valence-electron chi connectivity index (χ2n) is 3.69. The number of rotatable bonds is 4. The van der Waals surface area contributed by atoms with Gasteiger partial charge in [0.2, 0.25) is 0 Å². The average Bonchev–Trinajstić information content (AvgIpc) is 2.83. The van der Waals surface area contributed by atoms with Gasteiger partial charge in [0.15, 0.2) is 0 Å². The fraction of sp³-hybridized carbons (Fsp3) is 0.400. The Morgan fingerprint density at radius 2 is 2.41 bits per heavy atom. The lowest BCUT2D eigenvalue weighted by Gasteiger charge is -2.07. The van der Waals surface area contributed by atoms with Crippen LogP contribution in [0.2, 0.25) is 0 Å². The van der Waals surface area contributed by atoms with Crippen molar-refractivity contribution in [1.82, 2.24) is 14.8 Å². The van der Waals surface area contributed by atoms with Crippen molar-refractivity contribution in [1.29, 1.82) is 0 Å². The molecule has 0 radical (unpaired) electrons. The number of nitrogens with two attached hydrogens (primary N) is 1. The summed E-state index contributed by atoms with van der Waals surface area (Å²) in [7, 11) is 0. The number of nitrogens with one attached hydrogen (secondary N) is 2. The maximum atomic E-state index is 11.0. The molecule has 0 amide bonds. The first-order chi connectivity index (χ1) is 8.11. The van der Waals surface area contributed by atoms with Gasteiger partial charge in [0.1, 0.15) is 5.82 Å². The minimum Gasteiger partial charge on any atom is -0.394 e. The first-order valence-corrected chi connectivity index (χ1v) is 6.23. The van der Waals surface area contributed by atoms with Crippen LogP contribution in [-0.4, -0.2) is 14.8 Å². The van der Waals surface area contributed by atoms with Crippen LogP contribution < -0.4 is 15.9 Å². The number of hydrogen-bond acceptors (Lipinski definition) is 5. The molecular formula is C10H15N5OS. The fourth-order valence-electron chi connectivity index (χ4n) is 1.59. The zero-order valence-electron chi connectivity index (χ0n) is 9.78. The van der Waals surface area contributed by atoms with Crippen LogP contribution in [0, 0.1) is 6.92 Å². The van der Waals surface area contributed by atoms with E-state index in [2.05, 4.69) is 15.4 Å². The SMILES string of the molecule is CCn1nc(C)c(N)c1NCc1csc(=O)[nH]1. The van der Waals surface area contributed by atoms with E-state index in [9.17, 15) is 4.79 Å². The highest BCUT2D eigenvalue weighted by Crippen LogP contribution is 2.22. The quantitative estimate of drug-likeness (QED) is 0.762. The van der Waals surface area contributed by atoms with E-state index in [1.807, 2.05) is 18.5 Å². The molecule has 7 heteroatoms. The lowest BCUT2D eigenvalue weighted by molar-refractivity contribution is 0.657. The molecule has 2 heterocycles. The maximum Gasteiger partial charge on any atom is 0.304 e. The van der Waals surface area contributed by atoms with Gasteiger partial charge >= 0.3 is 4.87 Å². The number of aryl methyl sites for hydroxylation is 2. The van der Waals surface area contributed by atoms with Gasteiger partial charge in [-0.05, 0) is 13.8 Å². The predicted octanol–water partition coefficient (Wildman–Crippen LogP) is 1.16. The highest BCUT2D eigenvalue weighted by atomic mass is 32.1. The standard InChI is InChI=1S/C10H15N5OS/c1-3-15-9(8(11)6(2)14-15)12-4-7-5-17-10(16)13-7/h5,12H,3-4,11H2,1-2H3,(H,13,16). The van der Waals surface area contributed by atoms with E-state index in [1.165, 1.54) is 0 Å². The van der Waals surface area contributed by atoms with Crippen molar-refractivity contribution in [2.24, 2.45) is 0 Å². The van der Waals surface area contributed by atoms with Crippen LogP contribution in [0.15, 0.2) is 10.2 Å². The summed E-state index contributed by atoms with van der Waals surface area (Å²) in [6.45, 7) is 5.16.